The highest BCUT2D eigenvalue weighted by molar-refractivity contribution is 14.1. The zero-order chi connectivity index (χ0) is 18.7. The van der Waals surface area contributed by atoms with Crippen molar-refractivity contribution >= 4 is 36.1 Å². The molecule has 5 heteroatoms. The predicted molar refractivity (Wildman–Crippen MR) is 116 cm³/mol. The van der Waals surface area contributed by atoms with Gasteiger partial charge in [0.05, 0.1) is 0 Å². The molecule has 0 aliphatic heterocycles. The van der Waals surface area contributed by atoms with Crippen LogP contribution < -0.4 is 5.19 Å². The Labute approximate surface area is 165 Å². The van der Waals surface area contributed by atoms with Crippen LogP contribution >= 0.6 is 22.6 Å². The van der Waals surface area contributed by atoms with E-state index < -0.39 is 8.32 Å². The van der Waals surface area contributed by atoms with Crippen molar-refractivity contribution in [1.82, 2.24) is 0 Å². The van der Waals surface area contributed by atoms with Crippen molar-refractivity contribution in [2.24, 2.45) is 0 Å². The molecule has 2 aromatic carbocycles. The molecule has 0 saturated heterocycles. The van der Waals surface area contributed by atoms with Crippen LogP contribution in [0.4, 0.5) is 0 Å². The SMILES string of the molecule is C=CC[Si](CC=C)(OCC)c1ccc(O)cc1.Oc1ccc(I)cc1. The molecule has 0 heterocycles. The Morgan fingerprint density at radius 2 is 1.36 bits per heavy atom. The first-order valence-corrected chi connectivity index (χ1v) is 11.5. The summed E-state index contributed by atoms with van der Waals surface area (Å²) in [6, 6.07) is 16.1. The molecule has 2 rings (SSSR count). The average molecular weight is 468 g/mol. The first kappa shape index (κ1) is 21.5. The fourth-order valence-corrected chi connectivity index (χ4v) is 6.13. The third kappa shape index (κ3) is 7.05. The lowest BCUT2D eigenvalue weighted by Crippen LogP contribution is -2.49. The van der Waals surface area contributed by atoms with Gasteiger partial charge < -0.3 is 14.6 Å². The lowest BCUT2D eigenvalue weighted by Gasteiger charge is -2.29. The van der Waals surface area contributed by atoms with Gasteiger partial charge in [0.25, 0.3) is 0 Å². The number of hydrogen-bond acceptors (Lipinski definition) is 3. The molecule has 0 bridgehead atoms. The van der Waals surface area contributed by atoms with Crippen LogP contribution in [0.1, 0.15) is 6.92 Å². The van der Waals surface area contributed by atoms with Gasteiger partial charge in [-0.2, -0.15) is 0 Å². The Hall–Kier alpha value is -1.57. The molecule has 134 valence electrons. The van der Waals surface area contributed by atoms with E-state index in [-0.39, 0.29) is 5.75 Å². The molecular weight excluding hydrogens is 443 g/mol. The first-order valence-electron chi connectivity index (χ1n) is 8.07. The van der Waals surface area contributed by atoms with Crippen LogP contribution in [0.15, 0.2) is 73.8 Å². The van der Waals surface area contributed by atoms with Crippen molar-refractivity contribution in [3.05, 3.63) is 77.4 Å². The molecule has 2 aromatic rings. The van der Waals surface area contributed by atoms with E-state index in [0.29, 0.717) is 12.4 Å². The fraction of sp³-hybridized carbons (Fsp3) is 0.200. The molecule has 0 saturated carbocycles. The Balaban J connectivity index is 0.000000324. The van der Waals surface area contributed by atoms with Gasteiger partial charge >= 0.3 is 0 Å². The number of phenolic OH excluding ortho intramolecular Hbond substituents is 2. The second-order valence-electron chi connectivity index (χ2n) is 5.44. The topological polar surface area (TPSA) is 49.7 Å². The Bertz CT molecular complexity index is 623. The Morgan fingerprint density at radius 3 is 1.72 bits per heavy atom. The van der Waals surface area contributed by atoms with Gasteiger partial charge in [0.15, 0.2) is 0 Å². The predicted octanol–water partition coefficient (Wildman–Crippen LogP) is 4.95. The lowest BCUT2D eigenvalue weighted by molar-refractivity contribution is 0.333. The zero-order valence-corrected chi connectivity index (χ0v) is 17.6. The second-order valence-corrected chi connectivity index (χ2v) is 10.4. The molecule has 2 N–H and O–H groups in total. The van der Waals surface area contributed by atoms with Crippen LogP contribution in [-0.4, -0.2) is 25.1 Å². The minimum absolute atomic E-state index is 0.283. The summed E-state index contributed by atoms with van der Waals surface area (Å²) in [7, 11) is -2.04. The number of phenols is 2. The van der Waals surface area contributed by atoms with E-state index >= 15 is 0 Å². The molecule has 0 fully saturated rings. The smallest absolute Gasteiger partial charge is 0.231 e. The molecule has 0 amide bonds. The van der Waals surface area contributed by atoms with Crippen LogP contribution in [-0.2, 0) is 4.43 Å². The lowest BCUT2D eigenvalue weighted by atomic mass is 10.3. The first-order chi connectivity index (χ1) is 12.0. The third-order valence-corrected chi connectivity index (χ3v) is 8.43. The van der Waals surface area contributed by atoms with Crippen LogP contribution in [0.5, 0.6) is 11.5 Å². The number of benzene rings is 2. The van der Waals surface area contributed by atoms with E-state index in [0.717, 1.165) is 15.7 Å². The van der Waals surface area contributed by atoms with Gasteiger partial charge in [-0.3, -0.25) is 0 Å². The van der Waals surface area contributed by atoms with E-state index in [1.165, 1.54) is 5.19 Å². The van der Waals surface area contributed by atoms with Gasteiger partial charge in [-0.25, -0.2) is 0 Å². The number of rotatable bonds is 7. The minimum Gasteiger partial charge on any atom is -0.508 e. The van der Waals surface area contributed by atoms with Crippen LogP contribution in [0.25, 0.3) is 0 Å². The van der Waals surface area contributed by atoms with E-state index in [2.05, 4.69) is 35.7 Å². The molecule has 0 atom stereocenters. The number of hydrogen-bond donors (Lipinski definition) is 2. The molecule has 0 aliphatic rings. The Morgan fingerprint density at radius 1 is 0.920 bits per heavy atom. The summed E-state index contributed by atoms with van der Waals surface area (Å²) in [5.41, 5.74) is 0. The van der Waals surface area contributed by atoms with Crippen molar-refractivity contribution in [3.8, 4) is 11.5 Å². The summed E-state index contributed by atoms with van der Waals surface area (Å²) in [5, 5.41) is 19.3. The maximum absolute atomic E-state index is 9.35. The van der Waals surface area contributed by atoms with E-state index in [1.807, 2.05) is 43.3 Å². The van der Waals surface area contributed by atoms with Crippen LogP contribution in [0.3, 0.4) is 0 Å². The summed E-state index contributed by atoms with van der Waals surface area (Å²) in [4.78, 5) is 0. The fourth-order valence-electron chi connectivity index (χ4n) is 2.47. The maximum Gasteiger partial charge on any atom is 0.231 e. The molecule has 0 aliphatic carbocycles. The molecule has 0 aromatic heterocycles. The van der Waals surface area contributed by atoms with Gasteiger partial charge in [-0.15, -0.1) is 13.2 Å². The summed E-state index contributed by atoms with van der Waals surface area (Å²) in [6.45, 7) is 10.3. The van der Waals surface area contributed by atoms with E-state index in [1.54, 1.807) is 24.3 Å². The Kier molecular flexibility index (Phi) is 9.55. The standard InChI is InChI=1S/C14H20O2Si.C6H5IO/c1-4-11-17(12-5-2,16-6-3)14-9-7-13(15)8-10-14;7-5-1-3-6(8)4-2-5/h4-5,7-10,15H,1-2,6,11-12H2,3H3;1-4,8H. The summed E-state index contributed by atoms with van der Waals surface area (Å²) in [6.07, 6.45) is 3.83. The van der Waals surface area contributed by atoms with Gasteiger partial charge in [0.2, 0.25) is 8.32 Å². The van der Waals surface area contributed by atoms with Crippen molar-refractivity contribution in [2.75, 3.05) is 6.61 Å². The highest BCUT2D eigenvalue weighted by atomic mass is 127. The highest BCUT2D eigenvalue weighted by Gasteiger charge is 2.34. The summed E-state index contributed by atoms with van der Waals surface area (Å²) >= 11 is 2.19. The van der Waals surface area contributed by atoms with Gasteiger partial charge in [0, 0.05) is 10.2 Å². The maximum atomic E-state index is 9.35. The largest absolute Gasteiger partial charge is 0.508 e. The third-order valence-electron chi connectivity index (χ3n) is 3.59. The van der Waals surface area contributed by atoms with Crippen LogP contribution in [0.2, 0.25) is 12.1 Å². The zero-order valence-electron chi connectivity index (χ0n) is 14.5. The monoisotopic (exact) mass is 468 g/mol. The number of aromatic hydroxyl groups is 2. The van der Waals surface area contributed by atoms with Crippen LogP contribution in [0, 0.1) is 3.57 Å². The van der Waals surface area contributed by atoms with E-state index in [9.17, 15) is 5.11 Å². The minimum atomic E-state index is -2.04. The van der Waals surface area contributed by atoms with Gasteiger partial charge in [-0.05, 0) is 83.2 Å². The molecule has 0 radical (unpaired) electrons. The van der Waals surface area contributed by atoms with Crippen molar-refractivity contribution in [3.63, 3.8) is 0 Å². The molecule has 0 spiro atoms. The van der Waals surface area contributed by atoms with Gasteiger partial charge in [-0.1, -0.05) is 24.3 Å². The number of halogens is 1. The summed E-state index contributed by atoms with van der Waals surface area (Å²) < 4.78 is 7.19. The number of allylic oxidation sites excluding steroid dienone is 2. The van der Waals surface area contributed by atoms with Crippen molar-refractivity contribution in [1.29, 1.82) is 0 Å². The molecular formula is C20H25IO3Si. The van der Waals surface area contributed by atoms with E-state index in [4.69, 9.17) is 9.53 Å². The molecule has 25 heavy (non-hydrogen) atoms. The second kappa shape index (κ2) is 11.1. The summed E-state index contributed by atoms with van der Waals surface area (Å²) in [5.74, 6) is 0.607. The highest BCUT2D eigenvalue weighted by Crippen LogP contribution is 2.20. The van der Waals surface area contributed by atoms with Crippen molar-refractivity contribution < 1.29 is 14.6 Å². The normalized spacial score (nSPS) is 10.5. The van der Waals surface area contributed by atoms with Crippen molar-refractivity contribution in [2.45, 2.75) is 19.0 Å². The molecule has 3 nitrogen and oxygen atoms in total. The van der Waals surface area contributed by atoms with Gasteiger partial charge in [0.1, 0.15) is 11.5 Å². The average Bonchev–Trinajstić information content (AvgIpc) is 2.59. The molecule has 0 unspecified atom stereocenters. The quantitative estimate of drug-likeness (QED) is 0.344.